The molecule has 1 heterocycles. The molecule has 0 aromatic carbocycles. The number of carbonyl (C=O) groups is 1. The molecule has 1 atom stereocenters. The van der Waals surface area contributed by atoms with Crippen molar-refractivity contribution in [1.82, 2.24) is 4.90 Å². The minimum Gasteiger partial charge on any atom is -0.339 e. The maximum Gasteiger partial charge on any atom is 0.245 e. The van der Waals surface area contributed by atoms with Crippen LogP contribution >= 0.6 is 0 Å². The molecule has 1 fully saturated rings. The van der Waals surface area contributed by atoms with Gasteiger partial charge in [0.05, 0.1) is 6.67 Å². The van der Waals surface area contributed by atoms with Gasteiger partial charge in [0.15, 0.2) is 0 Å². The fourth-order valence-electron chi connectivity index (χ4n) is 1.52. The lowest BCUT2D eigenvalue weighted by atomic mass is 9.99. The van der Waals surface area contributed by atoms with Crippen LogP contribution in [0, 0.1) is 5.92 Å². The topological polar surface area (TPSA) is 20.3 Å². The van der Waals surface area contributed by atoms with Gasteiger partial charge in [-0.15, -0.1) is 0 Å². The second-order valence-corrected chi connectivity index (χ2v) is 3.15. The van der Waals surface area contributed by atoms with Crippen molar-refractivity contribution in [3.63, 3.8) is 0 Å². The molecular formula is C9H14FNO. The Bertz CT molecular complexity index is 181. The molecule has 0 radical (unpaired) electrons. The summed E-state index contributed by atoms with van der Waals surface area (Å²) in [6.45, 7) is 4.39. The van der Waals surface area contributed by atoms with Gasteiger partial charge in [0, 0.05) is 19.0 Å². The minimum absolute atomic E-state index is 0.0441. The number of nitrogens with zero attached hydrogens (tertiary/aromatic N) is 1. The summed E-state index contributed by atoms with van der Waals surface area (Å²) in [5.74, 6) is -0.0317. The Morgan fingerprint density at radius 2 is 2.50 bits per heavy atom. The number of amides is 1. The first kappa shape index (κ1) is 9.23. The summed E-state index contributed by atoms with van der Waals surface area (Å²) in [4.78, 5) is 12.8. The lowest BCUT2D eigenvalue weighted by molar-refractivity contribution is -0.127. The van der Waals surface area contributed by atoms with Gasteiger partial charge in [-0.2, -0.15) is 0 Å². The molecule has 1 rings (SSSR count). The Labute approximate surface area is 72.1 Å². The molecule has 1 aliphatic rings. The van der Waals surface area contributed by atoms with Gasteiger partial charge in [-0.1, -0.05) is 6.58 Å². The summed E-state index contributed by atoms with van der Waals surface area (Å²) in [5.41, 5.74) is 0. The molecule has 0 N–H and O–H groups in total. The van der Waals surface area contributed by atoms with Crippen LogP contribution in [0.5, 0.6) is 0 Å². The third-order valence-electron chi connectivity index (χ3n) is 2.22. The van der Waals surface area contributed by atoms with Crippen LogP contribution in [0.3, 0.4) is 0 Å². The molecule has 1 saturated heterocycles. The van der Waals surface area contributed by atoms with Crippen molar-refractivity contribution in [2.24, 2.45) is 5.92 Å². The zero-order chi connectivity index (χ0) is 8.97. The molecule has 1 amide bonds. The lowest BCUT2D eigenvalue weighted by Gasteiger charge is -2.30. The SMILES string of the molecule is C=CC(=O)N1CCCC(CF)C1. The fraction of sp³-hybridized carbons (Fsp3) is 0.667. The highest BCUT2D eigenvalue weighted by atomic mass is 19.1. The molecule has 0 aromatic heterocycles. The van der Waals surface area contributed by atoms with Gasteiger partial charge in [0.2, 0.25) is 5.91 Å². The zero-order valence-corrected chi connectivity index (χ0v) is 7.13. The van der Waals surface area contributed by atoms with E-state index < -0.39 is 0 Å². The highest BCUT2D eigenvalue weighted by Gasteiger charge is 2.21. The van der Waals surface area contributed by atoms with E-state index in [-0.39, 0.29) is 18.5 Å². The Kier molecular flexibility index (Phi) is 3.26. The lowest BCUT2D eigenvalue weighted by Crippen LogP contribution is -2.39. The molecule has 0 saturated carbocycles. The van der Waals surface area contributed by atoms with E-state index in [1.165, 1.54) is 6.08 Å². The molecule has 1 unspecified atom stereocenters. The number of hydrogen-bond acceptors (Lipinski definition) is 1. The van der Waals surface area contributed by atoms with Crippen LogP contribution in [0.2, 0.25) is 0 Å². The van der Waals surface area contributed by atoms with Crippen LogP contribution in [0.1, 0.15) is 12.8 Å². The van der Waals surface area contributed by atoms with Crippen molar-refractivity contribution in [2.45, 2.75) is 12.8 Å². The summed E-state index contributed by atoms with van der Waals surface area (Å²) < 4.78 is 12.3. The monoisotopic (exact) mass is 171 g/mol. The van der Waals surface area contributed by atoms with Crippen molar-refractivity contribution in [3.8, 4) is 0 Å². The van der Waals surface area contributed by atoms with Crippen LogP contribution in [0.15, 0.2) is 12.7 Å². The highest BCUT2D eigenvalue weighted by molar-refractivity contribution is 5.87. The summed E-state index contributed by atoms with van der Waals surface area (Å²) in [6.07, 6.45) is 3.10. The number of rotatable bonds is 2. The molecule has 0 bridgehead atoms. The van der Waals surface area contributed by atoms with Crippen molar-refractivity contribution in [2.75, 3.05) is 19.8 Å². The van der Waals surface area contributed by atoms with E-state index in [9.17, 15) is 9.18 Å². The van der Waals surface area contributed by atoms with E-state index in [0.29, 0.717) is 6.54 Å². The first-order valence-electron chi connectivity index (χ1n) is 4.25. The molecule has 0 aromatic rings. The Balaban J connectivity index is 2.45. The minimum atomic E-state index is -0.319. The van der Waals surface area contributed by atoms with Gasteiger partial charge >= 0.3 is 0 Å². The molecule has 1 aliphatic heterocycles. The largest absolute Gasteiger partial charge is 0.339 e. The van der Waals surface area contributed by atoms with Crippen LogP contribution in [-0.4, -0.2) is 30.6 Å². The maximum absolute atomic E-state index is 12.3. The van der Waals surface area contributed by atoms with Crippen molar-refractivity contribution in [3.05, 3.63) is 12.7 Å². The van der Waals surface area contributed by atoms with Crippen molar-refractivity contribution < 1.29 is 9.18 Å². The quantitative estimate of drug-likeness (QED) is 0.575. The summed E-state index contributed by atoms with van der Waals surface area (Å²) in [6, 6.07) is 0. The Morgan fingerprint density at radius 1 is 1.75 bits per heavy atom. The average Bonchev–Trinajstić information content (AvgIpc) is 2.17. The third kappa shape index (κ3) is 2.06. The van der Waals surface area contributed by atoms with E-state index in [0.717, 1.165) is 19.4 Å². The second kappa shape index (κ2) is 4.24. The van der Waals surface area contributed by atoms with Crippen LogP contribution < -0.4 is 0 Å². The normalized spacial score (nSPS) is 23.8. The number of carbonyl (C=O) groups excluding carboxylic acids is 1. The van der Waals surface area contributed by atoms with Gasteiger partial charge in [0.25, 0.3) is 0 Å². The fourth-order valence-corrected chi connectivity index (χ4v) is 1.52. The van der Waals surface area contributed by atoms with Crippen molar-refractivity contribution in [1.29, 1.82) is 0 Å². The maximum atomic E-state index is 12.3. The molecule has 3 heteroatoms. The summed E-state index contributed by atoms with van der Waals surface area (Å²) in [5, 5.41) is 0. The smallest absolute Gasteiger partial charge is 0.245 e. The number of halogens is 1. The molecule has 68 valence electrons. The molecule has 2 nitrogen and oxygen atoms in total. The van der Waals surface area contributed by atoms with E-state index in [4.69, 9.17) is 0 Å². The highest BCUT2D eigenvalue weighted by Crippen LogP contribution is 2.16. The van der Waals surface area contributed by atoms with Crippen LogP contribution in [0.25, 0.3) is 0 Å². The number of alkyl halides is 1. The van der Waals surface area contributed by atoms with E-state index in [2.05, 4.69) is 6.58 Å². The number of hydrogen-bond donors (Lipinski definition) is 0. The van der Waals surface area contributed by atoms with Gasteiger partial charge in [-0.05, 0) is 18.9 Å². The van der Waals surface area contributed by atoms with E-state index in [1.807, 2.05) is 0 Å². The van der Waals surface area contributed by atoms with Gasteiger partial charge in [-0.3, -0.25) is 9.18 Å². The Hall–Kier alpha value is -0.860. The van der Waals surface area contributed by atoms with Gasteiger partial charge < -0.3 is 4.90 Å². The summed E-state index contributed by atoms with van der Waals surface area (Å²) >= 11 is 0. The van der Waals surface area contributed by atoms with Gasteiger partial charge in [0.1, 0.15) is 0 Å². The Morgan fingerprint density at radius 3 is 3.08 bits per heavy atom. The first-order valence-corrected chi connectivity index (χ1v) is 4.25. The number of piperidine rings is 1. The third-order valence-corrected chi connectivity index (χ3v) is 2.22. The predicted octanol–water partition coefficient (Wildman–Crippen LogP) is 1.38. The van der Waals surface area contributed by atoms with Crippen LogP contribution in [0.4, 0.5) is 4.39 Å². The van der Waals surface area contributed by atoms with E-state index >= 15 is 0 Å². The number of likely N-dealkylation sites (tertiary alicyclic amines) is 1. The van der Waals surface area contributed by atoms with Gasteiger partial charge in [-0.25, -0.2) is 0 Å². The zero-order valence-electron chi connectivity index (χ0n) is 7.13. The molecule has 0 spiro atoms. The standard InChI is InChI=1S/C9H14FNO/c1-2-9(12)11-5-3-4-8(6-10)7-11/h2,8H,1,3-7H2. The second-order valence-electron chi connectivity index (χ2n) is 3.15. The summed E-state index contributed by atoms with van der Waals surface area (Å²) in [7, 11) is 0. The first-order chi connectivity index (χ1) is 5.77. The molecule has 0 aliphatic carbocycles. The molecular weight excluding hydrogens is 157 g/mol. The van der Waals surface area contributed by atoms with Crippen molar-refractivity contribution >= 4 is 5.91 Å². The predicted molar refractivity (Wildman–Crippen MR) is 45.5 cm³/mol. The van der Waals surface area contributed by atoms with Crippen LogP contribution in [-0.2, 0) is 4.79 Å². The molecule has 12 heavy (non-hydrogen) atoms. The van der Waals surface area contributed by atoms with E-state index in [1.54, 1.807) is 4.90 Å². The average molecular weight is 171 g/mol.